The minimum Gasteiger partial charge on any atom is -0.497 e. The molecule has 0 aliphatic heterocycles. The summed E-state index contributed by atoms with van der Waals surface area (Å²) in [6.07, 6.45) is 1.72. The molecule has 0 bridgehead atoms. The number of pyridine rings is 1. The Morgan fingerprint density at radius 1 is 1.20 bits per heavy atom. The van der Waals surface area contributed by atoms with Gasteiger partial charge in [-0.3, -0.25) is 0 Å². The molecule has 1 atom stereocenters. The molecule has 2 aromatic rings. The number of nitriles is 1. The van der Waals surface area contributed by atoms with Crippen molar-refractivity contribution in [1.82, 2.24) is 4.98 Å². The van der Waals surface area contributed by atoms with Crippen molar-refractivity contribution >= 4 is 5.69 Å². The smallest absolute Gasteiger partial charge is 0.140 e. The summed E-state index contributed by atoms with van der Waals surface area (Å²) in [5.41, 5.74) is 2.60. The summed E-state index contributed by atoms with van der Waals surface area (Å²) in [5, 5.41) is 8.77. The van der Waals surface area contributed by atoms with Crippen molar-refractivity contribution in [2.45, 2.75) is 13.0 Å². The van der Waals surface area contributed by atoms with E-state index in [0.29, 0.717) is 5.69 Å². The second-order valence-electron chi connectivity index (χ2n) is 4.57. The van der Waals surface area contributed by atoms with E-state index in [0.717, 1.165) is 11.4 Å². The van der Waals surface area contributed by atoms with Gasteiger partial charge in [0.15, 0.2) is 0 Å². The van der Waals surface area contributed by atoms with E-state index in [-0.39, 0.29) is 6.04 Å². The normalized spacial score (nSPS) is 11.5. The van der Waals surface area contributed by atoms with Crippen LogP contribution in [-0.2, 0) is 0 Å². The minimum absolute atomic E-state index is 0.204. The van der Waals surface area contributed by atoms with Crippen molar-refractivity contribution in [3.05, 3.63) is 53.9 Å². The molecule has 2 rings (SSSR count). The molecule has 0 aliphatic rings. The van der Waals surface area contributed by atoms with Gasteiger partial charge in [-0.25, -0.2) is 4.98 Å². The molecule has 0 amide bonds. The summed E-state index contributed by atoms with van der Waals surface area (Å²) in [6, 6.07) is 13.9. The molecule has 20 heavy (non-hydrogen) atoms. The Morgan fingerprint density at radius 3 is 2.40 bits per heavy atom. The molecule has 102 valence electrons. The van der Waals surface area contributed by atoms with Crippen LogP contribution in [0.3, 0.4) is 0 Å². The van der Waals surface area contributed by atoms with Crippen LogP contribution < -0.4 is 9.64 Å². The summed E-state index contributed by atoms with van der Waals surface area (Å²) < 4.78 is 5.17. The molecule has 1 aromatic carbocycles. The van der Waals surface area contributed by atoms with Gasteiger partial charge in [0.2, 0.25) is 0 Å². The third-order valence-electron chi connectivity index (χ3n) is 3.45. The second kappa shape index (κ2) is 6.07. The number of anilines is 1. The molecular weight excluding hydrogens is 250 g/mol. The first-order chi connectivity index (χ1) is 9.65. The van der Waals surface area contributed by atoms with Crippen molar-refractivity contribution in [3.63, 3.8) is 0 Å². The lowest BCUT2D eigenvalue weighted by Crippen LogP contribution is -2.21. The zero-order valence-corrected chi connectivity index (χ0v) is 11.9. The van der Waals surface area contributed by atoms with E-state index >= 15 is 0 Å². The van der Waals surface area contributed by atoms with Crippen LogP contribution in [0.4, 0.5) is 5.69 Å². The van der Waals surface area contributed by atoms with Crippen LogP contribution in [-0.4, -0.2) is 19.1 Å². The van der Waals surface area contributed by atoms with Gasteiger partial charge in [0.25, 0.3) is 0 Å². The molecule has 4 nitrogen and oxygen atoms in total. The topological polar surface area (TPSA) is 49.1 Å². The Morgan fingerprint density at radius 2 is 1.90 bits per heavy atom. The maximum Gasteiger partial charge on any atom is 0.140 e. The third-order valence-corrected chi connectivity index (χ3v) is 3.45. The highest BCUT2D eigenvalue weighted by Gasteiger charge is 2.12. The minimum atomic E-state index is 0.204. The standard InChI is InChI=1S/C16H17N3O/c1-12(13-4-8-16(20-3)9-5-13)19(2)15-7-6-14(10-17)18-11-15/h4-9,11-12H,1-3H3. The lowest BCUT2D eigenvalue weighted by Gasteiger charge is -2.27. The van der Waals surface area contributed by atoms with Crippen molar-refractivity contribution in [2.75, 3.05) is 19.1 Å². The maximum atomic E-state index is 8.77. The van der Waals surface area contributed by atoms with Crippen molar-refractivity contribution in [2.24, 2.45) is 0 Å². The van der Waals surface area contributed by atoms with Crippen LogP contribution in [0.1, 0.15) is 24.2 Å². The predicted octanol–water partition coefficient (Wildman–Crippen LogP) is 3.16. The first-order valence-electron chi connectivity index (χ1n) is 6.38. The van der Waals surface area contributed by atoms with Gasteiger partial charge in [-0.05, 0) is 36.8 Å². The molecule has 1 unspecified atom stereocenters. The van der Waals surface area contributed by atoms with Gasteiger partial charge in [0.05, 0.1) is 25.0 Å². The summed E-state index contributed by atoms with van der Waals surface area (Å²) in [5.74, 6) is 0.851. The SMILES string of the molecule is COc1ccc(C(C)N(C)c2ccc(C#N)nc2)cc1. The van der Waals surface area contributed by atoms with Gasteiger partial charge in [0, 0.05) is 7.05 Å². The molecule has 0 aliphatic carbocycles. The molecule has 0 spiro atoms. The summed E-state index contributed by atoms with van der Waals surface area (Å²) in [7, 11) is 3.67. The number of hydrogen-bond donors (Lipinski definition) is 0. The average molecular weight is 267 g/mol. The zero-order chi connectivity index (χ0) is 14.5. The van der Waals surface area contributed by atoms with Crippen LogP contribution in [0.5, 0.6) is 5.75 Å². The van der Waals surface area contributed by atoms with Gasteiger partial charge in [-0.2, -0.15) is 5.26 Å². The van der Waals surface area contributed by atoms with Crippen molar-refractivity contribution in [1.29, 1.82) is 5.26 Å². The van der Waals surface area contributed by atoms with Gasteiger partial charge >= 0.3 is 0 Å². The number of rotatable bonds is 4. The van der Waals surface area contributed by atoms with E-state index in [2.05, 4.69) is 28.9 Å². The van der Waals surface area contributed by atoms with Crippen molar-refractivity contribution < 1.29 is 4.74 Å². The Labute approximate surface area is 119 Å². The Hall–Kier alpha value is -2.54. The Bertz CT molecular complexity index is 599. The molecular formula is C16H17N3O. The number of hydrogen-bond acceptors (Lipinski definition) is 4. The molecule has 0 radical (unpaired) electrons. The van der Waals surface area contributed by atoms with Crippen LogP contribution >= 0.6 is 0 Å². The summed E-state index contributed by atoms with van der Waals surface area (Å²) in [4.78, 5) is 6.22. The number of benzene rings is 1. The van der Waals surface area contributed by atoms with E-state index in [1.807, 2.05) is 31.3 Å². The van der Waals surface area contributed by atoms with E-state index in [1.165, 1.54) is 5.56 Å². The Kier molecular flexibility index (Phi) is 4.21. The second-order valence-corrected chi connectivity index (χ2v) is 4.57. The van der Waals surface area contributed by atoms with Gasteiger partial charge < -0.3 is 9.64 Å². The number of aromatic nitrogens is 1. The van der Waals surface area contributed by atoms with E-state index < -0.39 is 0 Å². The quantitative estimate of drug-likeness (QED) is 0.853. The Balaban J connectivity index is 2.17. The first kappa shape index (κ1) is 13.9. The summed E-state index contributed by atoms with van der Waals surface area (Å²) in [6.45, 7) is 2.13. The number of ether oxygens (including phenoxy) is 1. The highest BCUT2D eigenvalue weighted by Crippen LogP contribution is 2.26. The van der Waals surface area contributed by atoms with Gasteiger partial charge in [-0.15, -0.1) is 0 Å². The highest BCUT2D eigenvalue weighted by atomic mass is 16.5. The van der Waals surface area contributed by atoms with E-state index in [1.54, 1.807) is 19.4 Å². The third kappa shape index (κ3) is 2.89. The lowest BCUT2D eigenvalue weighted by molar-refractivity contribution is 0.414. The molecule has 0 fully saturated rings. The molecule has 0 saturated carbocycles. The molecule has 0 saturated heterocycles. The number of methoxy groups -OCH3 is 1. The highest BCUT2D eigenvalue weighted by molar-refractivity contribution is 5.47. The fourth-order valence-electron chi connectivity index (χ4n) is 1.99. The molecule has 1 heterocycles. The van der Waals surface area contributed by atoms with Crippen LogP contribution in [0, 0.1) is 11.3 Å². The fourth-order valence-corrected chi connectivity index (χ4v) is 1.99. The van der Waals surface area contributed by atoms with E-state index in [9.17, 15) is 0 Å². The molecule has 0 N–H and O–H groups in total. The molecule has 1 aromatic heterocycles. The monoisotopic (exact) mass is 267 g/mol. The predicted molar refractivity (Wildman–Crippen MR) is 78.8 cm³/mol. The van der Waals surface area contributed by atoms with E-state index in [4.69, 9.17) is 10.00 Å². The average Bonchev–Trinajstić information content (AvgIpc) is 2.53. The van der Waals surface area contributed by atoms with Crippen LogP contribution in [0.25, 0.3) is 0 Å². The fraction of sp³-hybridized carbons (Fsp3) is 0.250. The first-order valence-corrected chi connectivity index (χ1v) is 6.38. The molecule has 4 heteroatoms. The van der Waals surface area contributed by atoms with Gasteiger partial charge in [0.1, 0.15) is 17.5 Å². The lowest BCUT2D eigenvalue weighted by atomic mass is 10.1. The van der Waals surface area contributed by atoms with Crippen LogP contribution in [0.2, 0.25) is 0 Å². The van der Waals surface area contributed by atoms with Gasteiger partial charge in [-0.1, -0.05) is 12.1 Å². The summed E-state index contributed by atoms with van der Waals surface area (Å²) >= 11 is 0. The van der Waals surface area contributed by atoms with Crippen LogP contribution in [0.15, 0.2) is 42.6 Å². The maximum absolute atomic E-state index is 8.77. The largest absolute Gasteiger partial charge is 0.497 e. The van der Waals surface area contributed by atoms with Crippen molar-refractivity contribution in [3.8, 4) is 11.8 Å². The zero-order valence-electron chi connectivity index (χ0n) is 11.9. The number of nitrogens with zero attached hydrogens (tertiary/aromatic N) is 3.